The van der Waals surface area contributed by atoms with Crippen molar-refractivity contribution in [2.45, 2.75) is 63.2 Å². The number of aromatic nitrogens is 1. The molecule has 106 valence electrons. The Morgan fingerprint density at radius 3 is 2.25 bits per heavy atom. The molecule has 0 unspecified atom stereocenters. The van der Waals surface area contributed by atoms with E-state index in [1.165, 1.54) is 44.2 Å². The lowest BCUT2D eigenvalue weighted by Crippen LogP contribution is -2.48. The van der Waals surface area contributed by atoms with Gasteiger partial charge in [0.25, 0.3) is 0 Å². The van der Waals surface area contributed by atoms with Crippen molar-refractivity contribution < 1.29 is 0 Å². The van der Waals surface area contributed by atoms with E-state index in [2.05, 4.69) is 11.4 Å². The van der Waals surface area contributed by atoms with Gasteiger partial charge in [-0.15, -0.1) is 11.3 Å². The molecule has 0 spiro atoms. The molecule has 0 saturated heterocycles. The quantitative estimate of drug-likeness (QED) is 0.807. The molecule has 0 atom stereocenters. The molecule has 0 radical (unpaired) electrons. The largest absolute Gasteiger partial charge is 0.244 e. The zero-order valence-electron chi connectivity index (χ0n) is 12.4. The molecule has 0 aromatic carbocycles. The summed E-state index contributed by atoms with van der Waals surface area (Å²) in [6, 6.07) is 2.39. The third kappa shape index (κ3) is 1.77. The van der Waals surface area contributed by atoms with Gasteiger partial charge in [-0.25, -0.2) is 4.98 Å². The van der Waals surface area contributed by atoms with Crippen molar-refractivity contribution in [2.75, 3.05) is 0 Å². The maximum Gasteiger partial charge on any atom is 0.113 e. The first-order chi connectivity index (χ1) is 9.51. The maximum absolute atomic E-state index is 9.31. The molecule has 0 amide bonds. The van der Waals surface area contributed by atoms with Gasteiger partial charge in [0.15, 0.2) is 0 Å². The lowest BCUT2D eigenvalue weighted by molar-refractivity contribution is -0.00701. The number of nitriles is 1. The van der Waals surface area contributed by atoms with Gasteiger partial charge >= 0.3 is 0 Å². The van der Waals surface area contributed by atoms with Gasteiger partial charge in [0.2, 0.25) is 0 Å². The predicted molar refractivity (Wildman–Crippen MR) is 80.6 cm³/mol. The SMILES string of the molecule is CC(C)(C#N)c1nc(C23CC4CC(CC(C4)C2)C3)cs1. The fourth-order valence-corrected chi connectivity index (χ4v) is 6.29. The van der Waals surface area contributed by atoms with Crippen LogP contribution in [0.2, 0.25) is 0 Å². The third-order valence-corrected chi connectivity index (χ3v) is 7.07. The molecule has 1 heterocycles. The highest BCUT2D eigenvalue weighted by atomic mass is 32.1. The summed E-state index contributed by atoms with van der Waals surface area (Å²) in [7, 11) is 0. The number of rotatable bonds is 2. The van der Waals surface area contributed by atoms with Crippen LogP contribution in [0.4, 0.5) is 0 Å². The molecule has 0 N–H and O–H groups in total. The van der Waals surface area contributed by atoms with Gasteiger partial charge in [0.1, 0.15) is 10.4 Å². The normalized spacial score (nSPS) is 39.0. The summed E-state index contributed by atoms with van der Waals surface area (Å²) in [5, 5.41) is 12.6. The summed E-state index contributed by atoms with van der Waals surface area (Å²) in [6.45, 7) is 3.96. The first-order valence-corrected chi connectivity index (χ1v) is 8.76. The minimum Gasteiger partial charge on any atom is -0.244 e. The smallest absolute Gasteiger partial charge is 0.113 e. The summed E-state index contributed by atoms with van der Waals surface area (Å²) in [5.41, 5.74) is 1.25. The van der Waals surface area contributed by atoms with Crippen LogP contribution in [0.1, 0.15) is 63.1 Å². The van der Waals surface area contributed by atoms with E-state index in [4.69, 9.17) is 4.98 Å². The second-order valence-corrected chi connectivity index (χ2v) is 8.83. The first kappa shape index (κ1) is 12.8. The van der Waals surface area contributed by atoms with E-state index in [0.717, 1.165) is 22.8 Å². The summed E-state index contributed by atoms with van der Waals surface area (Å²) >= 11 is 1.70. The average molecular weight is 286 g/mol. The third-order valence-electron chi connectivity index (χ3n) is 5.90. The topological polar surface area (TPSA) is 36.7 Å². The van der Waals surface area contributed by atoms with Crippen molar-refractivity contribution in [1.82, 2.24) is 4.98 Å². The highest BCUT2D eigenvalue weighted by molar-refractivity contribution is 7.09. The molecule has 4 saturated carbocycles. The zero-order valence-corrected chi connectivity index (χ0v) is 13.2. The van der Waals surface area contributed by atoms with Crippen molar-refractivity contribution >= 4 is 11.3 Å². The number of hydrogen-bond donors (Lipinski definition) is 0. The molecule has 1 aromatic rings. The minimum atomic E-state index is -0.439. The summed E-state index contributed by atoms with van der Waals surface area (Å²) < 4.78 is 0. The van der Waals surface area contributed by atoms with E-state index in [-0.39, 0.29) is 0 Å². The molecule has 20 heavy (non-hydrogen) atoms. The van der Waals surface area contributed by atoms with Crippen LogP contribution < -0.4 is 0 Å². The van der Waals surface area contributed by atoms with Crippen LogP contribution in [0.15, 0.2) is 5.38 Å². The zero-order chi connectivity index (χ0) is 14.0. The number of hydrogen-bond acceptors (Lipinski definition) is 3. The van der Waals surface area contributed by atoms with E-state index in [9.17, 15) is 5.26 Å². The van der Waals surface area contributed by atoms with E-state index in [1.807, 2.05) is 13.8 Å². The molecule has 4 aliphatic rings. The van der Waals surface area contributed by atoms with Crippen LogP contribution in [0.5, 0.6) is 0 Å². The standard InChI is InChI=1S/C17H22N2S/c1-16(2,10-18)15-19-14(9-20-15)17-6-11-3-12(7-17)5-13(4-11)8-17/h9,11-13H,3-8H2,1-2H3. The fourth-order valence-electron chi connectivity index (χ4n) is 5.28. The Morgan fingerprint density at radius 1 is 1.20 bits per heavy atom. The van der Waals surface area contributed by atoms with Crippen LogP contribution >= 0.6 is 11.3 Å². The minimum absolute atomic E-state index is 0.370. The average Bonchev–Trinajstić information content (AvgIpc) is 2.88. The summed E-state index contributed by atoms with van der Waals surface area (Å²) in [5.74, 6) is 2.86. The second kappa shape index (κ2) is 4.07. The number of nitrogens with zero attached hydrogens (tertiary/aromatic N) is 2. The molecule has 0 aliphatic heterocycles. The Labute approximate surface area is 125 Å². The Hall–Kier alpha value is -0.880. The lowest BCUT2D eigenvalue weighted by atomic mass is 9.49. The van der Waals surface area contributed by atoms with Crippen molar-refractivity contribution in [3.63, 3.8) is 0 Å². The monoisotopic (exact) mass is 286 g/mol. The first-order valence-electron chi connectivity index (χ1n) is 7.88. The highest BCUT2D eigenvalue weighted by Gasteiger charge is 2.52. The van der Waals surface area contributed by atoms with Crippen molar-refractivity contribution in [2.24, 2.45) is 17.8 Å². The van der Waals surface area contributed by atoms with Gasteiger partial charge in [0.05, 0.1) is 11.8 Å². The molecule has 5 rings (SSSR count). The van der Waals surface area contributed by atoms with Crippen LogP contribution in [-0.2, 0) is 10.8 Å². The maximum atomic E-state index is 9.31. The Kier molecular flexibility index (Phi) is 2.61. The lowest BCUT2D eigenvalue weighted by Gasteiger charge is -2.56. The molecule has 4 fully saturated rings. The summed E-state index contributed by atoms with van der Waals surface area (Å²) in [4.78, 5) is 4.94. The molecule has 4 aliphatic carbocycles. The Balaban J connectivity index is 1.70. The fraction of sp³-hybridized carbons (Fsp3) is 0.765. The molecular weight excluding hydrogens is 264 g/mol. The Bertz CT molecular complexity index is 543. The van der Waals surface area contributed by atoms with Gasteiger partial charge in [0, 0.05) is 10.8 Å². The van der Waals surface area contributed by atoms with E-state index < -0.39 is 5.41 Å². The Morgan fingerprint density at radius 2 is 1.75 bits per heavy atom. The summed E-state index contributed by atoms with van der Waals surface area (Å²) in [6.07, 6.45) is 8.49. The van der Waals surface area contributed by atoms with Crippen molar-refractivity contribution in [3.8, 4) is 6.07 Å². The van der Waals surface area contributed by atoms with Crippen LogP contribution in [0, 0.1) is 29.1 Å². The molecule has 2 nitrogen and oxygen atoms in total. The van der Waals surface area contributed by atoms with Gasteiger partial charge in [-0.2, -0.15) is 5.26 Å². The predicted octanol–water partition coefficient (Wildman–Crippen LogP) is 4.41. The highest BCUT2D eigenvalue weighted by Crippen LogP contribution is 2.60. The number of thiazole rings is 1. The van der Waals surface area contributed by atoms with Gasteiger partial charge < -0.3 is 0 Å². The van der Waals surface area contributed by atoms with Crippen LogP contribution in [-0.4, -0.2) is 4.98 Å². The molecule has 3 heteroatoms. The van der Waals surface area contributed by atoms with E-state index >= 15 is 0 Å². The van der Waals surface area contributed by atoms with Gasteiger partial charge in [-0.05, 0) is 70.1 Å². The van der Waals surface area contributed by atoms with E-state index in [0.29, 0.717) is 5.41 Å². The van der Waals surface area contributed by atoms with Crippen LogP contribution in [0.3, 0.4) is 0 Å². The van der Waals surface area contributed by atoms with Gasteiger partial charge in [-0.1, -0.05) is 0 Å². The molecule has 1 aromatic heterocycles. The van der Waals surface area contributed by atoms with E-state index in [1.54, 1.807) is 11.3 Å². The molecule has 4 bridgehead atoms. The van der Waals surface area contributed by atoms with Crippen molar-refractivity contribution in [3.05, 3.63) is 16.1 Å². The van der Waals surface area contributed by atoms with Gasteiger partial charge in [-0.3, -0.25) is 0 Å². The van der Waals surface area contributed by atoms with Crippen molar-refractivity contribution in [1.29, 1.82) is 5.26 Å². The second-order valence-electron chi connectivity index (χ2n) is 7.97. The van der Waals surface area contributed by atoms with Crippen LogP contribution in [0.25, 0.3) is 0 Å². The molecular formula is C17H22N2S.